The quantitative estimate of drug-likeness (QED) is 0.526. The fourth-order valence-electron chi connectivity index (χ4n) is 3.34. The summed E-state index contributed by atoms with van der Waals surface area (Å²) in [6, 6.07) is 0. The van der Waals surface area contributed by atoms with Gasteiger partial charge in [-0.1, -0.05) is 0 Å². The van der Waals surface area contributed by atoms with Gasteiger partial charge >= 0.3 is 5.97 Å². The smallest absolute Gasteiger partial charge is 0.314 e. The monoisotopic (exact) mass is 182 g/mol. The molecule has 0 aromatic carbocycles. The number of carbonyl (C=O) groups is 1. The highest BCUT2D eigenvalue weighted by molar-refractivity contribution is 5.80. The van der Waals surface area contributed by atoms with E-state index in [4.69, 9.17) is 9.47 Å². The molecular weight excluding hydrogens is 168 g/mol. The Hall–Kier alpha value is -0.570. The Bertz CT molecular complexity index is 288. The van der Waals surface area contributed by atoms with Crippen molar-refractivity contribution in [1.29, 1.82) is 0 Å². The van der Waals surface area contributed by atoms with E-state index in [1.54, 1.807) is 0 Å². The number of hydrogen-bond acceptors (Lipinski definition) is 3. The predicted octanol–water partition coefficient (Wildman–Crippen LogP) is 1.12. The van der Waals surface area contributed by atoms with E-state index in [9.17, 15) is 4.79 Å². The van der Waals surface area contributed by atoms with Crippen molar-refractivity contribution < 1.29 is 14.3 Å². The van der Waals surface area contributed by atoms with Crippen molar-refractivity contribution in [3.63, 3.8) is 0 Å². The van der Waals surface area contributed by atoms with Crippen molar-refractivity contribution >= 4 is 5.97 Å². The predicted molar refractivity (Wildman–Crippen MR) is 45.1 cm³/mol. The lowest BCUT2D eigenvalue weighted by Gasteiger charge is -2.31. The van der Waals surface area contributed by atoms with E-state index in [1.165, 1.54) is 0 Å². The first-order valence-corrected chi connectivity index (χ1v) is 4.92. The zero-order chi connectivity index (χ0) is 9.27. The molecule has 0 spiro atoms. The summed E-state index contributed by atoms with van der Waals surface area (Å²) in [5.41, 5.74) is -0.432. The van der Waals surface area contributed by atoms with Gasteiger partial charge in [-0.05, 0) is 26.7 Å². The third kappa shape index (κ3) is 0.654. The van der Waals surface area contributed by atoms with Crippen LogP contribution in [0.15, 0.2) is 0 Å². The average molecular weight is 182 g/mol. The summed E-state index contributed by atoms with van der Waals surface area (Å²) in [5.74, 6) is 0.233. The van der Waals surface area contributed by atoms with Crippen LogP contribution < -0.4 is 0 Å². The van der Waals surface area contributed by atoms with Crippen LogP contribution in [0.25, 0.3) is 0 Å². The maximum atomic E-state index is 11.6. The summed E-state index contributed by atoms with van der Waals surface area (Å²) < 4.78 is 11.0. The Balaban J connectivity index is 2.10. The molecule has 3 heteroatoms. The Morgan fingerprint density at radius 3 is 2.92 bits per heavy atom. The maximum Gasteiger partial charge on any atom is 0.314 e. The lowest BCUT2D eigenvalue weighted by Crippen LogP contribution is -2.43. The molecule has 3 heterocycles. The second kappa shape index (κ2) is 1.92. The van der Waals surface area contributed by atoms with Gasteiger partial charge in [0.25, 0.3) is 0 Å². The zero-order valence-electron chi connectivity index (χ0n) is 8.00. The lowest BCUT2D eigenvalue weighted by atomic mass is 9.65. The molecule has 72 valence electrons. The fraction of sp³-hybridized carbons (Fsp3) is 0.900. The molecule has 0 radical (unpaired) electrons. The second-order valence-corrected chi connectivity index (χ2v) is 4.89. The Kier molecular flexibility index (Phi) is 1.15. The summed E-state index contributed by atoms with van der Waals surface area (Å²) in [4.78, 5) is 11.6. The maximum absolute atomic E-state index is 11.6. The fourth-order valence-corrected chi connectivity index (χ4v) is 3.34. The van der Waals surface area contributed by atoms with E-state index >= 15 is 0 Å². The molecule has 2 bridgehead atoms. The average Bonchev–Trinajstić information content (AvgIpc) is 2.63. The summed E-state index contributed by atoms with van der Waals surface area (Å²) in [5, 5.41) is 0. The number of cyclic esters (lactones) is 1. The Morgan fingerprint density at radius 2 is 2.23 bits per heavy atom. The first kappa shape index (κ1) is 7.80. The van der Waals surface area contributed by atoms with E-state index in [2.05, 4.69) is 6.92 Å². The van der Waals surface area contributed by atoms with Crippen LogP contribution in [0.2, 0.25) is 0 Å². The van der Waals surface area contributed by atoms with Crippen LogP contribution in [0, 0.1) is 11.3 Å². The molecule has 3 saturated heterocycles. The second-order valence-electron chi connectivity index (χ2n) is 4.89. The minimum atomic E-state index is -0.340. The molecule has 0 N–H and O–H groups in total. The van der Waals surface area contributed by atoms with Crippen molar-refractivity contribution in [1.82, 2.24) is 0 Å². The molecule has 0 aromatic rings. The SMILES string of the molecule is C[C@@]12C(=O)OC[C@@H]1[C@@]1(C)CC[C@@H]2O1. The normalized spacial score (nSPS) is 58.2. The molecule has 4 atom stereocenters. The van der Waals surface area contributed by atoms with Crippen LogP contribution >= 0.6 is 0 Å². The molecule has 0 unspecified atom stereocenters. The van der Waals surface area contributed by atoms with E-state index in [-0.39, 0.29) is 29.0 Å². The van der Waals surface area contributed by atoms with Crippen LogP contribution in [0.4, 0.5) is 0 Å². The molecule has 13 heavy (non-hydrogen) atoms. The van der Waals surface area contributed by atoms with Crippen molar-refractivity contribution in [2.45, 2.75) is 38.4 Å². The standard InChI is InChI=1S/C10H14O3/c1-9-4-3-7(13-9)10(2)6(9)5-12-8(10)11/h6-7H,3-5H2,1-2H3/t6-,7+,9-,10-/m1/s1. The highest BCUT2D eigenvalue weighted by Crippen LogP contribution is 2.60. The van der Waals surface area contributed by atoms with Gasteiger partial charge in [0, 0.05) is 5.92 Å². The zero-order valence-corrected chi connectivity index (χ0v) is 8.00. The largest absolute Gasteiger partial charge is 0.465 e. The lowest BCUT2D eigenvalue weighted by molar-refractivity contribution is -0.149. The number of hydrogen-bond donors (Lipinski definition) is 0. The van der Waals surface area contributed by atoms with Crippen LogP contribution in [-0.4, -0.2) is 24.3 Å². The molecule has 0 saturated carbocycles. The summed E-state index contributed by atoms with van der Waals surface area (Å²) in [6.45, 7) is 4.68. The number of ether oxygens (including phenoxy) is 2. The highest BCUT2D eigenvalue weighted by atomic mass is 16.6. The van der Waals surface area contributed by atoms with Crippen LogP contribution in [0.3, 0.4) is 0 Å². The van der Waals surface area contributed by atoms with Crippen molar-refractivity contribution in [3.05, 3.63) is 0 Å². The molecule has 3 rings (SSSR count). The summed E-state index contributed by atoms with van der Waals surface area (Å²) in [7, 11) is 0. The summed E-state index contributed by atoms with van der Waals surface area (Å²) in [6.07, 6.45) is 2.20. The van der Waals surface area contributed by atoms with E-state index in [1.807, 2.05) is 6.92 Å². The molecule has 3 nitrogen and oxygen atoms in total. The van der Waals surface area contributed by atoms with Crippen molar-refractivity contribution in [2.24, 2.45) is 11.3 Å². The minimum Gasteiger partial charge on any atom is -0.465 e. The van der Waals surface area contributed by atoms with Gasteiger partial charge in [0.2, 0.25) is 0 Å². The van der Waals surface area contributed by atoms with Crippen molar-refractivity contribution in [2.75, 3.05) is 6.61 Å². The third-order valence-electron chi connectivity index (χ3n) is 4.27. The van der Waals surface area contributed by atoms with Gasteiger partial charge in [-0.15, -0.1) is 0 Å². The number of fused-ring (bicyclic) bond motifs is 5. The Morgan fingerprint density at radius 1 is 1.46 bits per heavy atom. The van der Waals surface area contributed by atoms with E-state index in [0.717, 1.165) is 12.8 Å². The van der Waals surface area contributed by atoms with Gasteiger partial charge in [0.15, 0.2) is 0 Å². The van der Waals surface area contributed by atoms with Crippen LogP contribution in [0.1, 0.15) is 26.7 Å². The topological polar surface area (TPSA) is 35.5 Å². The third-order valence-corrected chi connectivity index (χ3v) is 4.27. The van der Waals surface area contributed by atoms with E-state index in [0.29, 0.717) is 6.61 Å². The van der Waals surface area contributed by atoms with Crippen LogP contribution in [0.5, 0.6) is 0 Å². The van der Waals surface area contributed by atoms with Gasteiger partial charge in [0.05, 0.1) is 18.3 Å². The number of rotatable bonds is 0. The molecule has 3 aliphatic heterocycles. The van der Waals surface area contributed by atoms with Gasteiger partial charge in [0.1, 0.15) is 5.41 Å². The molecule has 0 amide bonds. The molecule has 3 aliphatic rings. The van der Waals surface area contributed by atoms with Gasteiger partial charge in [-0.3, -0.25) is 4.79 Å². The molecular formula is C10H14O3. The molecule has 3 fully saturated rings. The first-order valence-electron chi connectivity index (χ1n) is 4.92. The Labute approximate surface area is 77.4 Å². The number of esters is 1. The van der Waals surface area contributed by atoms with Gasteiger partial charge < -0.3 is 9.47 Å². The van der Waals surface area contributed by atoms with E-state index < -0.39 is 0 Å². The van der Waals surface area contributed by atoms with Gasteiger partial charge in [-0.25, -0.2) is 0 Å². The minimum absolute atomic E-state index is 0.0501. The first-order chi connectivity index (χ1) is 6.07. The highest BCUT2D eigenvalue weighted by Gasteiger charge is 2.70. The van der Waals surface area contributed by atoms with Gasteiger partial charge in [-0.2, -0.15) is 0 Å². The summed E-state index contributed by atoms with van der Waals surface area (Å²) >= 11 is 0. The molecule has 0 aliphatic carbocycles. The molecule has 0 aromatic heterocycles. The van der Waals surface area contributed by atoms with Crippen molar-refractivity contribution in [3.8, 4) is 0 Å². The van der Waals surface area contributed by atoms with Crippen LogP contribution in [-0.2, 0) is 14.3 Å². The number of carbonyl (C=O) groups excluding carboxylic acids is 1.